The molecule has 1 aromatic carbocycles. The maximum absolute atomic E-state index is 11.3. The molecule has 1 saturated carbocycles. The molecule has 0 amide bonds. The molecule has 0 spiro atoms. The molecule has 3 unspecified atom stereocenters. The Bertz CT molecular complexity index is 1250. The van der Waals surface area contributed by atoms with Crippen LogP contribution < -0.4 is 16.9 Å². The molecule has 3 atom stereocenters. The topological polar surface area (TPSA) is 153 Å². The van der Waals surface area contributed by atoms with Crippen molar-refractivity contribution in [3.63, 3.8) is 0 Å². The van der Waals surface area contributed by atoms with Gasteiger partial charge in [-0.05, 0) is 64.4 Å². The van der Waals surface area contributed by atoms with E-state index in [9.17, 15) is 14.4 Å². The number of carbonyl (C=O) groups is 3. The zero-order valence-corrected chi connectivity index (χ0v) is 29.3. The highest BCUT2D eigenvalue weighted by Gasteiger charge is 2.39. The van der Waals surface area contributed by atoms with Gasteiger partial charge in [0.2, 0.25) is 0 Å². The number of hydrazine groups is 1. The van der Waals surface area contributed by atoms with E-state index in [0.717, 1.165) is 67.3 Å². The number of thiazole rings is 1. The van der Waals surface area contributed by atoms with Gasteiger partial charge in [0.05, 0.1) is 41.0 Å². The molecule has 2 aromatic rings. The molecular formula is C34H54N6O5S. The predicted octanol–water partition coefficient (Wildman–Crippen LogP) is 3.88. The normalized spacial score (nSPS) is 22.4. The first-order valence-corrected chi connectivity index (χ1v) is 16.6. The van der Waals surface area contributed by atoms with E-state index in [1.807, 2.05) is 40.4 Å². The van der Waals surface area contributed by atoms with Crippen LogP contribution in [0.4, 0.5) is 0 Å². The summed E-state index contributed by atoms with van der Waals surface area (Å²) in [6.45, 7) is 7.95. The lowest BCUT2D eigenvalue weighted by Gasteiger charge is -2.34. The van der Waals surface area contributed by atoms with E-state index < -0.39 is 6.04 Å². The second-order valence-corrected chi connectivity index (χ2v) is 13.4. The van der Waals surface area contributed by atoms with Crippen molar-refractivity contribution >= 4 is 30.2 Å². The van der Waals surface area contributed by atoms with Crippen LogP contribution in [0.15, 0.2) is 41.2 Å². The summed E-state index contributed by atoms with van der Waals surface area (Å²) in [5, 5.41) is 4.65. The number of benzene rings is 1. The molecule has 11 nitrogen and oxygen atoms in total. The number of aromatic nitrogens is 1. The summed E-state index contributed by atoms with van der Waals surface area (Å²) in [6, 6.07) is 8.24. The fourth-order valence-electron chi connectivity index (χ4n) is 5.30. The van der Waals surface area contributed by atoms with Gasteiger partial charge in [-0.15, -0.1) is 11.3 Å². The van der Waals surface area contributed by atoms with Crippen molar-refractivity contribution in [2.75, 3.05) is 48.1 Å². The van der Waals surface area contributed by atoms with Crippen molar-refractivity contribution < 1.29 is 23.9 Å². The van der Waals surface area contributed by atoms with Gasteiger partial charge in [0.15, 0.2) is 0 Å². The van der Waals surface area contributed by atoms with E-state index in [-0.39, 0.29) is 17.5 Å². The lowest BCUT2D eigenvalue weighted by atomic mass is 9.86. The Kier molecular flexibility index (Phi) is 16.7. The van der Waals surface area contributed by atoms with E-state index in [1.165, 1.54) is 21.9 Å². The quantitative estimate of drug-likeness (QED) is 0.280. The minimum Gasteiger partial charge on any atom is -0.400 e. The molecule has 2 saturated heterocycles. The summed E-state index contributed by atoms with van der Waals surface area (Å²) in [7, 11) is 7.11. The summed E-state index contributed by atoms with van der Waals surface area (Å²) >= 11 is 1.65. The third-order valence-electron chi connectivity index (χ3n) is 8.34. The predicted molar refractivity (Wildman–Crippen MR) is 184 cm³/mol. The number of likely N-dealkylation sites (N-methyl/N-ethyl adjacent to an activating group) is 1. The molecule has 0 bridgehead atoms. The van der Waals surface area contributed by atoms with Gasteiger partial charge >= 0.3 is 0 Å². The molecule has 3 fully saturated rings. The third-order valence-corrected chi connectivity index (χ3v) is 9.32. The second-order valence-electron chi connectivity index (χ2n) is 12.5. The van der Waals surface area contributed by atoms with E-state index in [4.69, 9.17) is 16.3 Å². The molecule has 2 aliphatic heterocycles. The maximum Gasteiger partial charge on any atom is 0.144 e. The van der Waals surface area contributed by atoms with Gasteiger partial charge in [-0.25, -0.2) is 10.8 Å². The SMILES string of the molecule is CC1(C)COC/C(=C(/N)C2CC2)N(N)C1C=O.CN1CCCC1C=O.CNC(CC=O)c1ccc(-c2scnc2C)cc1.COC. The van der Waals surface area contributed by atoms with E-state index >= 15 is 0 Å². The fourth-order valence-corrected chi connectivity index (χ4v) is 6.11. The van der Waals surface area contributed by atoms with Gasteiger partial charge in [0.1, 0.15) is 24.9 Å². The molecule has 3 heterocycles. The Hall–Kier alpha value is -3.00. The lowest BCUT2D eigenvalue weighted by molar-refractivity contribution is -0.115. The van der Waals surface area contributed by atoms with Gasteiger partial charge in [0, 0.05) is 43.7 Å². The molecule has 12 heteroatoms. The van der Waals surface area contributed by atoms with Gasteiger partial charge in [0.25, 0.3) is 0 Å². The number of nitrogens with zero attached hydrogens (tertiary/aromatic N) is 3. The van der Waals surface area contributed by atoms with Gasteiger partial charge in [-0.1, -0.05) is 38.1 Å². The van der Waals surface area contributed by atoms with E-state index in [1.54, 1.807) is 25.6 Å². The summed E-state index contributed by atoms with van der Waals surface area (Å²) in [5.74, 6) is 6.48. The second kappa shape index (κ2) is 19.6. The Morgan fingerprint density at radius 3 is 2.26 bits per heavy atom. The van der Waals surface area contributed by atoms with Gasteiger partial charge in [-0.2, -0.15) is 0 Å². The summed E-state index contributed by atoms with van der Waals surface area (Å²) in [6.07, 6.45) is 7.82. The minimum atomic E-state index is -0.391. The van der Waals surface area contributed by atoms with Crippen molar-refractivity contribution in [1.29, 1.82) is 0 Å². The monoisotopic (exact) mass is 658 g/mol. The van der Waals surface area contributed by atoms with Gasteiger partial charge in [-0.3, -0.25) is 4.90 Å². The highest BCUT2D eigenvalue weighted by atomic mass is 32.1. The first-order valence-electron chi connectivity index (χ1n) is 15.7. The molecular weight excluding hydrogens is 604 g/mol. The number of hydrogen-bond acceptors (Lipinski definition) is 12. The number of aryl methyl sites for hydroxylation is 1. The number of hydrogen-bond donors (Lipinski definition) is 3. The minimum absolute atomic E-state index is 0.0964. The number of aldehydes is 3. The number of nitrogens with one attached hydrogen (secondary N) is 1. The standard InChI is InChI=1S/C14H16N2OS.C12H21N3O2.C6H11NO.C2H6O/c1-10-14(18-9-16-10)12-5-3-11(4-6-12)13(15-2)7-8-17;1-12(2)7-17-6-9(11(13)8-3-4-8)15(14)10(12)5-16;1-7-4-2-3-6(7)5-8;1-3-2/h3-6,8-9,13,15H,7H2,1-2H3;5,8,10H,3-4,6-7,13-14H2,1-2H3;5-6H,2-4H2,1H3;1-2H3/b;11-9-;;. The molecule has 1 aliphatic carbocycles. The van der Waals surface area contributed by atoms with Crippen LogP contribution in [0.2, 0.25) is 0 Å². The molecule has 3 aliphatic rings. The third kappa shape index (κ3) is 11.4. The van der Waals surface area contributed by atoms with Crippen LogP contribution >= 0.6 is 11.3 Å². The van der Waals surface area contributed by atoms with Crippen LogP contribution in [0.25, 0.3) is 10.4 Å². The number of methoxy groups -OCH3 is 1. The fraction of sp³-hybridized carbons (Fsp3) is 0.588. The molecule has 0 radical (unpaired) electrons. The lowest BCUT2D eigenvalue weighted by Crippen LogP contribution is -2.50. The van der Waals surface area contributed by atoms with Crippen LogP contribution in [0, 0.1) is 18.3 Å². The van der Waals surface area contributed by atoms with Crippen molar-refractivity contribution in [3.8, 4) is 10.4 Å². The van der Waals surface area contributed by atoms with E-state index in [0.29, 0.717) is 25.6 Å². The molecule has 256 valence electrons. The van der Waals surface area contributed by atoms with Crippen LogP contribution in [-0.4, -0.2) is 93.9 Å². The highest BCUT2D eigenvalue weighted by Crippen LogP contribution is 2.37. The smallest absolute Gasteiger partial charge is 0.144 e. The average molecular weight is 659 g/mol. The molecule has 5 rings (SSSR count). The largest absolute Gasteiger partial charge is 0.400 e. The number of allylic oxidation sites excluding steroid dienone is 1. The summed E-state index contributed by atoms with van der Waals surface area (Å²) in [5.41, 5.74) is 12.6. The van der Waals surface area contributed by atoms with Crippen molar-refractivity contribution in [2.24, 2.45) is 22.9 Å². The van der Waals surface area contributed by atoms with Crippen molar-refractivity contribution in [1.82, 2.24) is 20.2 Å². The Balaban J connectivity index is 0.000000244. The van der Waals surface area contributed by atoms with Crippen LogP contribution in [0.3, 0.4) is 0 Å². The van der Waals surface area contributed by atoms with Crippen LogP contribution in [-0.2, 0) is 23.9 Å². The molecule has 5 N–H and O–H groups in total. The average Bonchev–Trinajstić information content (AvgIpc) is 3.70. The summed E-state index contributed by atoms with van der Waals surface area (Å²) < 4.78 is 9.86. The maximum atomic E-state index is 11.3. The number of nitrogens with two attached hydrogens (primary N) is 2. The number of ether oxygens (including phenoxy) is 2. The Morgan fingerprint density at radius 2 is 1.83 bits per heavy atom. The zero-order chi connectivity index (χ0) is 34.3. The number of rotatable bonds is 8. The number of likely N-dealkylation sites (tertiary alicyclic amines) is 1. The van der Waals surface area contributed by atoms with E-state index in [2.05, 4.69) is 44.2 Å². The molecule has 1 aromatic heterocycles. The van der Waals surface area contributed by atoms with Crippen LogP contribution in [0.1, 0.15) is 63.3 Å². The van der Waals surface area contributed by atoms with Crippen molar-refractivity contribution in [2.45, 2.75) is 71.0 Å². The molecule has 46 heavy (non-hydrogen) atoms. The number of carbonyl (C=O) groups excluding carboxylic acids is 3. The van der Waals surface area contributed by atoms with Gasteiger partial charge < -0.3 is 39.9 Å². The van der Waals surface area contributed by atoms with Crippen LogP contribution in [0.5, 0.6) is 0 Å². The summed E-state index contributed by atoms with van der Waals surface area (Å²) in [4.78, 5) is 39.6. The Labute approximate surface area is 278 Å². The zero-order valence-electron chi connectivity index (χ0n) is 28.5. The Morgan fingerprint density at radius 1 is 1.17 bits per heavy atom. The highest BCUT2D eigenvalue weighted by molar-refractivity contribution is 7.13. The first kappa shape index (κ1) is 39.2. The first-order chi connectivity index (χ1) is 22.0. The van der Waals surface area contributed by atoms with Crippen molar-refractivity contribution in [3.05, 3.63) is 52.4 Å².